The van der Waals surface area contributed by atoms with Gasteiger partial charge < -0.3 is 21.7 Å². The Bertz CT molecular complexity index is 909. The number of likely N-dealkylation sites (tertiary alicyclic amines) is 1. The van der Waals surface area contributed by atoms with E-state index in [-0.39, 0.29) is 18.2 Å². The number of unbranched alkanes of at least 4 members (excludes halogenated alkanes) is 1. The minimum absolute atomic E-state index is 0.0808. The van der Waals surface area contributed by atoms with Crippen molar-refractivity contribution in [1.82, 2.24) is 10.2 Å². The van der Waals surface area contributed by atoms with Crippen LogP contribution >= 0.6 is 0 Å². The van der Waals surface area contributed by atoms with Crippen LogP contribution in [0.1, 0.15) is 37.7 Å². The fraction of sp³-hybridized carbons (Fsp3) is 0.435. The van der Waals surface area contributed by atoms with Crippen LogP contribution in [0.2, 0.25) is 0 Å². The molecular weight excluding hydrogens is 380 g/mol. The number of carbonyl (C=O) groups is 3. The van der Waals surface area contributed by atoms with Gasteiger partial charge in [-0.2, -0.15) is 0 Å². The van der Waals surface area contributed by atoms with Gasteiger partial charge in [-0.05, 0) is 55.0 Å². The molecule has 3 amide bonds. The number of nitrogens with two attached hydrogens (primary N) is 2. The molecule has 0 bridgehead atoms. The molecule has 5 N–H and O–H groups in total. The molecule has 1 fully saturated rings. The monoisotopic (exact) mass is 410 g/mol. The molecule has 0 spiro atoms. The Morgan fingerprint density at radius 1 is 1.10 bits per heavy atom. The van der Waals surface area contributed by atoms with Gasteiger partial charge in [0.2, 0.25) is 17.7 Å². The topological polar surface area (TPSA) is 119 Å². The van der Waals surface area contributed by atoms with Gasteiger partial charge in [-0.1, -0.05) is 42.5 Å². The fourth-order valence-corrected chi connectivity index (χ4v) is 4.10. The van der Waals surface area contributed by atoms with E-state index in [1.165, 1.54) is 0 Å². The maximum atomic E-state index is 13.0. The summed E-state index contributed by atoms with van der Waals surface area (Å²) in [6.45, 7) is 1.06. The molecule has 1 aliphatic rings. The number of hydrogen-bond acceptors (Lipinski definition) is 4. The number of nitrogens with one attached hydrogen (secondary N) is 1. The van der Waals surface area contributed by atoms with Crippen LogP contribution in [0.25, 0.3) is 10.8 Å². The van der Waals surface area contributed by atoms with Crippen LogP contribution in [-0.4, -0.2) is 47.8 Å². The number of amides is 3. The molecule has 7 nitrogen and oxygen atoms in total. The Hall–Kier alpha value is -2.93. The van der Waals surface area contributed by atoms with E-state index in [0.717, 1.165) is 29.2 Å². The largest absolute Gasteiger partial charge is 0.368 e. The van der Waals surface area contributed by atoms with Crippen LogP contribution < -0.4 is 16.8 Å². The van der Waals surface area contributed by atoms with E-state index in [1.807, 2.05) is 42.5 Å². The maximum Gasteiger partial charge on any atom is 0.243 e. The molecule has 7 heteroatoms. The van der Waals surface area contributed by atoms with Crippen LogP contribution in [0.5, 0.6) is 0 Å². The first kappa shape index (κ1) is 21.8. The third-order valence-corrected chi connectivity index (χ3v) is 5.70. The Kier molecular flexibility index (Phi) is 7.41. The Balaban J connectivity index is 1.67. The lowest BCUT2D eigenvalue weighted by atomic mass is 10.0. The molecule has 1 aliphatic heterocycles. The van der Waals surface area contributed by atoms with Gasteiger partial charge in [0.15, 0.2) is 0 Å². The van der Waals surface area contributed by atoms with Gasteiger partial charge >= 0.3 is 0 Å². The van der Waals surface area contributed by atoms with E-state index in [9.17, 15) is 14.4 Å². The van der Waals surface area contributed by atoms with E-state index < -0.39 is 18.0 Å². The quantitative estimate of drug-likeness (QED) is 0.543. The maximum absolute atomic E-state index is 13.0. The molecule has 160 valence electrons. The van der Waals surface area contributed by atoms with Crippen molar-refractivity contribution in [3.8, 4) is 0 Å². The summed E-state index contributed by atoms with van der Waals surface area (Å²) in [6.07, 6.45) is 3.50. The molecule has 1 heterocycles. The van der Waals surface area contributed by atoms with E-state index in [1.54, 1.807) is 4.90 Å². The van der Waals surface area contributed by atoms with Crippen molar-refractivity contribution in [2.45, 2.75) is 50.6 Å². The molecule has 0 saturated carbocycles. The summed E-state index contributed by atoms with van der Waals surface area (Å²) in [6, 6.07) is 12.6. The number of fused-ring (bicyclic) bond motifs is 1. The molecule has 0 aromatic heterocycles. The summed E-state index contributed by atoms with van der Waals surface area (Å²) in [5, 5.41) is 4.87. The molecule has 1 unspecified atom stereocenters. The molecular formula is C23H30N4O3. The van der Waals surface area contributed by atoms with Gasteiger partial charge in [0, 0.05) is 6.54 Å². The molecule has 2 atom stereocenters. The fourth-order valence-electron chi connectivity index (χ4n) is 4.10. The van der Waals surface area contributed by atoms with Gasteiger partial charge in [-0.3, -0.25) is 14.4 Å². The zero-order valence-corrected chi connectivity index (χ0v) is 17.2. The van der Waals surface area contributed by atoms with Crippen molar-refractivity contribution in [2.75, 3.05) is 13.1 Å². The number of rotatable bonds is 9. The van der Waals surface area contributed by atoms with E-state index in [0.29, 0.717) is 32.4 Å². The van der Waals surface area contributed by atoms with Crippen molar-refractivity contribution < 1.29 is 14.4 Å². The van der Waals surface area contributed by atoms with Gasteiger partial charge in [0.1, 0.15) is 12.1 Å². The first-order valence-corrected chi connectivity index (χ1v) is 10.6. The van der Waals surface area contributed by atoms with Gasteiger partial charge in [-0.25, -0.2) is 0 Å². The Morgan fingerprint density at radius 2 is 1.87 bits per heavy atom. The SMILES string of the molecule is NCCCCC(NC(=O)[C@@H]1CCCN1C(=O)Cc1cccc2ccccc12)C(N)=O. The zero-order valence-electron chi connectivity index (χ0n) is 17.2. The van der Waals surface area contributed by atoms with Crippen LogP contribution in [0.3, 0.4) is 0 Å². The minimum atomic E-state index is -0.736. The van der Waals surface area contributed by atoms with E-state index in [4.69, 9.17) is 11.5 Å². The average molecular weight is 411 g/mol. The second kappa shape index (κ2) is 10.2. The Morgan fingerprint density at radius 3 is 2.63 bits per heavy atom. The zero-order chi connectivity index (χ0) is 21.5. The molecule has 1 saturated heterocycles. The number of nitrogens with zero attached hydrogens (tertiary/aromatic N) is 1. The summed E-state index contributed by atoms with van der Waals surface area (Å²) < 4.78 is 0. The van der Waals surface area contributed by atoms with Crippen LogP contribution in [0.15, 0.2) is 42.5 Å². The molecule has 2 aromatic carbocycles. The lowest BCUT2D eigenvalue weighted by Gasteiger charge is -2.26. The molecule has 3 rings (SSSR count). The standard InChI is InChI=1S/C23H30N4O3/c24-13-4-3-11-19(22(25)29)26-23(30)20-12-6-14-27(20)21(28)15-17-9-5-8-16-7-1-2-10-18(16)17/h1-2,5,7-10,19-20H,3-4,6,11-15,24H2,(H2,25,29)(H,26,30)/t19?,20-/m0/s1. The highest BCUT2D eigenvalue weighted by Crippen LogP contribution is 2.23. The highest BCUT2D eigenvalue weighted by Gasteiger charge is 2.35. The summed E-state index contributed by atoms with van der Waals surface area (Å²) in [5.74, 6) is -0.954. The van der Waals surface area contributed by atoms with Crippen molar-refractivity contribution >= 4 is 28.5 Å². The van der Waals surface area contributed by atoms with Gasteiger partial charge in [-0.15, -0.1) is 0 Å². The predicted octanol–water partition coefficient (Wildman–Crippen LogP) is 1.47. The molecule has 0 aliphatic carbocycles. The molecule has 0 radical (unpaired) electrons. The Labute approximate surface area is 176 Å². The predicted molar refractivity (Wildman–Crippen MR) is 116 cm³/mol. The van der Waals surface area contributed by atoms with Gasteiger partial charge in [0.05, 0.1) is 6.42 Å². The summed E-state index contributed by atoms with van der Waals surface area (Å²) >= 11 is 0. The smallest absolute Gasteiger partial charge is 0.243 e. The third-order valence-electron chi connectivity index (χ3n) is 5.70. The number of primary amides is 1. The lowest BCUT2D eigenvalue weighted by molar-refractivity contribution is -0.138. The van der Waals surface area contributed by atoms with Gasteiger partial charge in [0.25, 0.3) is 0 Å². The first-order chi connectivity index (χ1) is 14.5. The van der Waals surface area contributed by atoms with Crippen LogP contribution in [0, 0.1) is 0 Å². The van der Waals surface area contributed by atoms with Crippen LogP contribution in [0.4, 0.5) is 0 Å². The first-order valence-electron chi connectivity index (χ1n) is 10.6. The second-order valence-electron chi connectivity index (χ2n) is 7.81. The normalized spacial score (nSPS) is 17.1. The average Bonchev–Trinajstić information content (AvgIpc) is 3.23. The summed E-state index contributed by atoms with van der Waals surface area (Å²) in [4.78, 5) is 39.2. The third kappa shape index (κ3) is 5.16. The summed E-state index contributed by atoms with van der Waals surface area (Å²) in [7, 11) is 0. The molecule has 2 aromatic rings. The molecule has 30 heavy (non-hydrogen) atoms. The van der Waals surface area contributed by atoms with Crippen LogP contribution in [-0.2, 0) is 20.8 Å². The number of carbonyl (C=O) groups excluding carboxylic acids is 3. The highest BCUT2D eigenvalue weighted by molar-refractivity contribution is 5.94. The number of hydrogen-bond donors (Lipinski definition) is 3. The van der Waals surface area contributed by atoms with Crippen molar-refractivity contribution in [1.29, 1.82) is 0 Å². The van der Waals surface area contributed by atoms with Crippen molar-refractivity contribution in [3.05, 3.63) is 48.0 Å². The van der Waals surface area contributed by atoms with E-state index in [2.05, 4.69) is 5.32 Å². The minimum Gasteiger partial charge on any atom is -0.368 e. The second-order valence-corrected chi connectivity index (χ2v) is 7.81. The van der Waals surface area contributed by atoms with Crippen molar-refractivity contribution in [3.63, 3.8) is 0 Å². The van der Waals surface area contributed by atoms with E-state index >= 15 is 0 Å². The highest BCUT2D eigenvalue weighted by atomic mass is 16.2. The lowest BCUT2D eigenvalue weighted by Crippen LogP contribution is -2.52. The summed E-state index contributed by atoms with van der Waals surface area (Å²) in [5.41, 5.74) is 11.9. The van der Waals surface area contributed by atoms with Crippen molar-refractivity contribution in [2.24, 2.45) is 11.5 Å². The number of benzene rings is 2.